The number of nitrogens with zero attached hydrogens (tertiary/aromatic N) is 1. The van der Waals surface area contributed by atoms with Crippen LogP contribution in [-0.4, -0.2) is 30.7 Å². The fourth-order valence-electron chi connectivity index (χ4n) is 3.57. The van der Waals surface area contributed by atoms with Crippen molar-refractivity contribution in [2.45, 2.75) is 64.0 Å². The van der Waals surface area contributed by atoms with E-state index in [1.807, 2.05) is 6.92 Å². The number of furan rings is 1. The molecule has 0 amide bonds. The molecular formula is C17H27NO2. The Balaban J connectivity index is 1.63. The maximum absolute atomic E-state index is 5.91. The molecule has 0 unspecified atom stereocenters. The molecule has 1 aromatic rings. The fourth-order valence-corrected chi connectivity index (χ4v) is 3.57. The molecule has 0 aromatic carbocycles. The van der Waals surface area contributed by atoms with Gasteiger partial charge >= 0.3 is 0 Å². The molecule has 3 nitrogen and oxygen atoms in total. The minimum Gasteiger partial charge on any atom is -0.465 e. The summed E-state index contributed by atoms with van der Waals surface area (Å²) in [5.41, 5.74) is 0. The summed E-state index contributed by atoms with van der Waals surface area (Å²) < 4.78 is 11.7. The molecule has 2 saturated heterocycles. The molecule has 2 aliphatic rings. The van der Waals surface area contributed by atoms with Crippen LogP contribution in [0.1, 0.15) is 62.5 Å². The van der Waals surface area contributed by atoms with Crippen LogP contribution in [0.4, 0.5) is 0 Å². The van der Waals surface area contributed by atoms with Gasteiger partial charge in [0.1, 0.15) is 11.5 Å². The van der Waals surface area contributed by atoms with Crippen LogP contribution in [-0.2, 0) is 4.74 Å². The molecule has 0 spiro atoms. The Morgan fingerprint density at radius 3 is 2.85 bits per heavy atom. The molecule has 3 rings (SSSR count). The van der Waals surface area contributed by atoms with Crippen molar-refractivity contribution >= 4 is 0 Å². The minimum absolute atomic E-state index is 0.479. The van der Waals surface area contributed by atoms with Gasteiger partial charge in [-0.3, -0.25) is 4.90 Å². The topological polar surface area (TPSA) is 25.6 Å². The van der Waals surface area contributed by atoms with Crippen LogP contribution in [0.5, 0.6) is 0 Å². The number of likely N-dealkylation sites (tertiary alicyclic amines) is 1. The van der Waals surface area contributed by atoms with Crippen molar-refractivity contribution in [1.82, 2.24) is 4.90 Å². The molecule has 3 heterocycles. The van der Waals surface area contributed by atoms with Gasteiger partial charge in [0.25, 0.3) is 0 Å². The van der Waals surface area contributed by atoms with Gasteiger partial charge < -0.3 is 9.15 Å². The summed E-state index contributed by atoms with van der Waals surface area (Å²) in [4.78, 5) is 2.63. The van der Waals surface area contributed by atoms with E-state index in [-0.39, 0.29) is 0 Å². The lowest BCUT2D eigenvalue weighted by molar-refractivity contribution is 0.0814. The van der Waals surface area contributed by atoms with E-state index < -0.39 is 0 Å². The first-order valence-corrected chi connectivity index (χ1v) is 8.25. The predicted molar refractivity (Wildman–Crippen MR) is 79.8 cm³/mol. The van der Waals surface area contributed by atoms with Crippen LogP contribution in [0.25, 0.3) is 0 Å². The van der Waals surface area contributed by atoms with Gasteiger partial charge in [-0.25, -0.2) is 0 Å². The zero-order valence-corrected chi connectivity index (χ0v) is 12.6. The number of hydrogen-bond donors (Lipinski definition) is 0. The van der Waals surface area contributed by atoms with E-state index in [1.165, 1.54) is 51.5 Å². The fraction of sp³-hybridized carbons (Fsp3) is 0.765. The molecule has 20 heavy (non-hydrogen) atoms. The third-order valence-corrected chi connectivity index (χ3v) is 4.72. The number of aryl methyl sites for hydroxylation is 1. The molecule has 0 aliphatic carbocycles. The Kier molecular flexibility index (Phi) is 4.79. The summed E-state index contributed by atoms with van der Waals surface area (Å²) >= 11 is 0. The Hall–Kier alpha value is -0.800. The lowest BCUT2D eigenvalue weighted by atomic mass is 10.1. The van der Waals surface area contributed by atoms with Gasteiger partial charge in [0.2, 0.25) is 0 Å². The third-order valence-electron chi connectivity index (χ3n) is 4.72. The molecule has 0 saturated carbocycles. The van der Waals surface area contributed by atoms with Gasteiger partial charge in [0.05, 0.1) is 12.1 Å². The molecule has 2 atom stereocenters. The predicted octanol–water partition coefficient (Wildman–Crippen LogP) is 4.07. The smallest absolute Gasteiger partial charge is 0.121 e. The van der Waals surface area contributed by atoms with E-state index in [1.54, 1.807) is 0 Å². The molecule has 0 N–H and O–H groups in total. The van der Waals surface area contributed by atoms with Crippen molar-refractivity contribution in [3.05, 3.63) is 23.7 Å². The largest absolute Gasteiger partial charge is 0.465 e. The highest BCUT2D eigenvalue weighted by atomic mass is 16.5. The SMILES string of the molecule is Cc1ccc([C@@H]2CCCCCN2CC[C@H]2CCCO2)o1. The Morgan fingerprint density at radius 1 is 1.15 bits per heavy atom. The monoisotopic (exact) mass is 277 g/mol. The van der Waals surface area contributed by atoms with Crippen molar-refractivity contribution in [3.63, 3.8) is 0 Å². The van der Waals surface area contributed by atoms with E-state index >= 15 is 0 Å². The van der Waals surface area contributed by atoms with Crippen LogP contribution in [0.15, 0.2) is 16.5 Å². The lowest BCUT2D eigenvalue weighted by Gasteiger charge is -2.29. The van der Waals surface area contributed by atoms with Crippen molar-refractivity contribution in [2.24, 2.45) is 0 Å². The Bertz CT molecular complexity index is 409. The average Bonchev–Trinajstić information content (AvgIpc) is 3.05. The van der Waals surface area contributed by atoms with Gasteiger partial charge in [-0.2, -0.15) is 0 Å². The maximum atomic E-state index is 5.91. The van der Waals surface area contributed by atoms with E-state index in [2.05, 4.69) is 17.0 Å². The molecule has 0 bridgehead atoms. The molecule has 2 aliphatic heterocycles. The quantitative estimate of drug-likeness (QED) is 0.829. The summed E-state index contributed by atoms with van der Waals surface area (Å²) in [5, 5.41) is 0. The second-order valence-electron chi connectivity index (χ2n) is 6.27. The first kappa shape index (κ1) is 14.2. The van der Waals surface area contributed by atoms with Crippen molar-refractivity contribution in [2.75, 3.05) is 19.7 Å². The molecule has 3 heteroatoms. The van der Waals surface area contributed by atoms with Crippen molar-refractivity contribution in [1.29, 1.82) is 0 Å². The average molecular weight is 277 g/mol. The highest BCUT2D eigenvalue weighted by Crippen LogP contribution is 2.31. The summed E-state index contributed by atoms with van der Waals surface area (Å²) in [5.74, 6) is 2.19. The standard InChI is InChI=1S/C17H27NO2/c1-14-8-9-17(20-14)16-7-3-2-4-11-18(16)12-10-15-6-5-13-19-15/h8-9,15-16H,2-7,10-13H2,1H3/t15-,16+/m1/s1. The van der Waals surface area contributed by atoms with E-state index in [4.69, 9.17) is 9.15 Å². The number of ether oxygens (including phenoxy) is 1. The van der Waals surface area contributed by atoms with E-state index in [0.717, 1.165) is 24.7 Å². The van der Waals surface area contributed by atoms with Crippen LogP contribution in [0.3, 0.4) is 0 Å². The van der Waals surface area contributed by atoms with Gasteiger partial charge in [0.15, 0.2) is 0 Å². The van der Waals surface area contributed by atoms with Crippen LogP contribution in [0.2, 0.25) is 0 Å². The third kappa shape index (κ3) is 3.44. The Labute approximate surface area is 122 Å². The first-order valence-electron chi connectivity index (χ1n) is 8.25. The summed E-state index contributed by atoms with van der Waals surface area (Å²) in [7, 11) is 0. The molecule has 0 radical (unpaired) electrons. The molecular weight excluding hydrogens is 250 g/mol. The van der Waals surface area contributed by atoms with Gasteiger partial charge in [-0.05, 0) is 57.7 Å². The van der Waals surface area contributed by atoms with Gasteiger partial charge in [0, 0.05) is 13.2 Å². The summed E-state index contributed by atoms with van der Waals surface area (Å²) in [6, 6.07) is 4.75. The molecule has 112 valence electrons. The zero-order chi connectivity index (χ0) is 13.8. The van der Waals surface area contributed by atoms with Crippen LogP contribution < -0.4 is 0 Å². The van der Waals surface area contributed by atoms with Gasteiger partial charge in [-0.15, -0.1) is 0 Å². The molecule has 2 fully saturated rings. The second kappa shape index (κ2) is 6.77. The van der Waals surface area contributed by atoms with Crippen molar-refractivity contribution < 1.29 is 9.15 Å². The highest BCUT2D eigenvalue weighted by Gasteiger charge is 2.26. The van der Waals surface area contributed by atoms with Crippen molar-refractivity contribution in [3.8, 4) is 0 Å². The maximum Gasteiger partial charge on any atom is 0.121 e. The van der Waals surface area contributed by atoms with E-state index in [9.17, 15) is 0 Å². The number of rotatable bonds is 4. The summed E-state index contributed by atoms with van der Waals surface area (Å²) in [6.45, 7) is 5.36. The van der Waals surface area contributed by atoms with Gasteiger partial charge in [-0.1, -0.05) is 12.8 Å². The van der Waals surface area contributed by atoms with Crippen LogP contribution >= 0.6 is 0 Å². The lowest BCUT2D eigenvalue weighted by Crippen LogP contribution is -2.31. The van der Waals surface area contributed by atoms with E-state index in [0.29, 0.717) is 12.1 Å². The normalized spacial score (nSPS) is 28.6. The van der Waals surface area contributed by atoms with Crippen LogP contribution in [0, 0.1) is 6.92 Å². The molecule has 1 aromatic heterocycles. The summed E-state index contributed by atoms with van der Waals surface area (Å²) in [6.07, 6.45) is 9.39. The first-order chi connectivity index (χ1) is 9.83. The number of hydrogen-bond acceptors (Lipinski definition) is 3. The Morgan fingerprint density at radius 2 is 2.10 bits per heavy atom. The minimum atomic E-state index is 0.479. The highest BCUT2D eigenvalue weighted by molar-refractivity contribution is 5.10. The second-order valence-corrected chi connectivity index (χ2v) is 6.27. The zero-order valence-electron chi connectivity index (χ0n) is 12.6.